The number of aromatic nitrogens is 2. The third-order valence-corrected chi connectivity index (χ3v) is 4.82. The Bertz CT molecular complexity index is 1090. The number of aliphatic hydroxyl groups excluding tert-OH is 1. The quantitative estimate of drug-likeness (QED) is 0.411. The molecule has 2 heterocycles. The van der Waals surface area contributed by atoms with Gasteiger partial charge in [0.05, 0.1) is 5.56 Å². The summed E-state index contributed by atoms with van der Waals surface area (Å²) in [5, 5.41) is 16.8. The lowest BCUT2D eigenvalue weighted by Gasteiger charge is -2.17. The zero-order chi connectivity index (χ0) is 22.9. The zero-order valence-electron chi connectivity index (χ0n) is 17.8. The van der Waals surface area contributed by atoms with Crippen LogP contribution in [0.3, 0.4) is 0 Å². The number of aliphatic hydroxyl groups is 1. The smallest absolute Gasteiger partial charge is 0.256 e. The van der Waals surface area contributed by atoms with E-state index < -0.39 is 0 Å². The average molecular weight is 435 g/mol. The summed E-state index contributed by atoms with van der Waals surface area (Å²) in [7, 11) is 1.51. The third-order valence-electron chi connectivity index (χ3n) is 4.82. The Labute approximate surface area is 186 Å². The topological polar surface area (TPSA) is 142 Å². The molecule has 1 aliphatic rings. The predicted octanol–water partition coefficient (Wildman–Crippen LogP) is 1.67. The number of nitrogens with two attached hydrogens (primary N) is 1. The van der Waals surface area contributed by atoms with Crippen LogP contribution in [0.4, 0.5) is 17.5 Å². The van der Waals surface area contributed by atoms with Crippen LogP contribution < -0.4 is 21.7 Å². The van der Waals surface area contributed by atoms with Crippen LogP contribution in [0.25, 0.3) is 0 Å². The number of fused-ring (bicyclic) bond motifs is 1. The van der Waals surface area contributed by atoms with Crippen molar-refractivity contribution in [1.29, 1.82) is 0 Å². The van der Waals surface area contributed by atoms with Gasteiger partial charge in [-0.2, -0.15) is 4.98 Å². The molecule has 1 aromatic heterocycles. The van der Waals surface area contributed by atoms with Gasteiger partial charge < -0.3 is 26.8 Å². The maximum Gasteiger partial charge on any atom is 0.256 e. The summed E-state index contributed by atoms with van der Waals surface area (Å²) in [4.78, 5) is 31.5. The Morgan fingerprint density at radius 3 is 2.69 bits per heavy atom. The van der Waals surface area contributed by atoms with E-state index in [-0.39, 0.29) is 35.8 Å². The number of rotatable bonds is 5. The molecule has 2 aromatic carbocycles. The average Bonchev–Trinajstić information content (AvgIpc) is 2.80. The van der Waals surface area contributed by atoms with Gasteiger partial charge in [0, 0.05) is 37.6 Å². The fourth-order valence-electron chi connectivity index (χ4n) is 3.17. The van der Waals surface area contributed by atoms with Crippen molar-refractivity contribution in [2.75, 3.05) is 31.2 Å². The van der Waals surface area contributed by atoms with E-state index in [0.29, 0.717) is 12.1 Å². The van der Waals surface area contributed by atoms with Crippen LogP contribution in [0.15, 0.2) is 54.7 Å². The summed E-state index contributed by atoms with van der Waals surface area (Å²) in [5.41, 5.74) is 9.59. The van der Waals surface area contributed by atoms with Crippen LogP contribution in [0.1, 0.15) is 31.8 Å². The van der Waals surface area contributed by atoms with Crippen molar-refractivity contribution < 1.29 is 14.7 Å². The van der Waals surface area contributed by atoms with Crippen molar-refractivity contribution in [3.8, 4) is 0 Å². The molecule has 3 aromatic rings. The summed E-state index contributed by atoms with van der Waals surface area (Å²) >= 11 is 0. The molecule has 2 amide bonds. The molecule has 6 N–H and O–H groups in total. The Hall–Kier alpha value is -3.98. The third kappa shape index (κ3) is 5.79. The second-order valence-electron chi connectivity index (χ2n) is 7.03. The molecule has 0 bridgehead atoms. The molecule has 1 aliphatic heterocycles. The van der Waals surface area contributed by atoms with Crippen LogP contribution in [-0.4, -0.2) is 47.1 Å². The molecule has 0 atom stereocenters. The lowest BCUT2D eigenvalue weighted by molar-refractivity contribution is 0.0942. The Morgan fingerprint density at radius 2 is 2.00 bits per heavy atom. The lowest BCUT2D eigenvalue weighted by Crippen LogP contribution is -2.31. The molecule has 9 nitrogen and oxygen atoms in total. The van der Waals surface area contributed by atoms with E-state index in [0.717, 1.165) is 24.1 Å². The van der Waals surface area contributed by atoms with E-state index >= 15 is 0 Å². The number of amides is 2. The maximum absolute atomic E-state index is 11.7. The number of nitrogens with one attached hydrogen (secondary N) is 3. The monoisotopic (exact) mass is 434 g/mol. The minimum Gasteiger partial charge on any atom is -0.396 e. The molecule has 0 radical (unpaired) electrons. The minimum absolute atomic E-state index is 0.0618. The molecule has 166 valence electrons. The van der Waals surface area contributed by atoms with Crippen molar-refractivity contribution in [3.63, 3.8) is 0 Å². The van der Waals surface area contributed by atoms with Gasteiger partial charge in [0.25, 0.3) is 11.8 Å². The molecule has 9 heteroatoms. The highest BCUT2D eigenvalue weighted by molar-refractivity contribution is 5.98. The zero-order valence-corrected chi connectivity index (χ0v) is 17.8. The number of hydrogen-bond donors (Lipinski definition) is 5. The van der Waals surface area contributed by atoms with Gasteiger partial charge in [-0.05, 0) is 42.2 Å². The van der Waals surface area contributed by atoms with Gasteiger partial charge in [-0.1, -0.05) is 30.3 Å². The number of anilines is 3. The van der Waals surface area contributed by atoms with Crippen molar-refractivity contribution in [3.05, 3.63) is 77.0 Å². The van der Waals surface area contributed by atoms with Gasteiger partial charge in [0.1, 0.15) is 5.82 Å². The molecule has 0 saturated heterocycles. The maximum atomic E-state index is 11.7. The van der Waals surface area contributed by atoms with E-state index in [1.807, 2.05) is 36.4 Å². The van der Waals surface area contributed by atoms with Gasteiger partial charge in [-0.3, -0.25) is 9.59 Å². The first-order chi connectivity index (χ1) is 15.5. The first-order valence-electron chi connectivity index (χ1n) is 10.2. The van der Waals surface area contributed by atoms with Gasteiger partial charge in [-0.15, -0.1) is 0 Å². The van der Waals surface area contributed by atoms with E-state index in [4.69, 9.17) is 10.8 Å². The SMILES string of the molecule is CNC(=O)c1cnc(Nc2ccc3c(c2)CCNC3=O)nc1N.OCCc1ccccc1. The summed E-state index contributed by atoms with van der Waals surface area (Å²) in [6.45, 7) is 0.865. The van der Waals surface area contributed by atoms with Crippen LogP contribution in [0.5, 0.6) is 0 Å². The summed E-state index contributed by atoms with van der Waals surface area (Å²) in [6, 6.07) is 15.4. The number of carbonyl (C=O) groups excluding carboxylic acids is 2. The molecule has 0 spiro atoms. The second-order valence-corrected chi connectivity index (χ2v) is 7.03. The molecule has 0 fully saturated rings. The summed E-state index contributed by atoms with van der Waals surface area (Å²) < 4.78 is 0. The Balaban J connectivity index is 0.000000269. The molecule has 0 saturated carbocycles. The van der Waals surface area contributed by atoms with Crippen molar-refractivity contribution in [1.82, 2.24) is 20.6 Å². The molecule has 32 heavy (non-hydrogen) atoms. The van der Waals surface area contributed by atoms with E-state index in [1.54, 1.807) is 12.1 Å². The van der Waals surface area contributed by atoms with Crippen molar-refractivity contribution >= 4 is 29.3 Å². The lowest BCUT2D eigenvalue weighted by atomic mass is 10.00. The summed E-state index contributed by atoms with van der Waals surface area (Å²) in [5.74, 6) is -0.0170. The number of carbonyl (C=O) groups is 2. The number of nitrogen functional groups attached to an aromatic ring is 1. The normalized spacial score (nSPS) is 12.0. The number of hydrogen-bond acceptors (Lipinski definition) is 7. The largest absolute Gasteiger partial charge is 0.396 e. The number of benzene rings is 2. The van der Waals surface area contributed by atoms with E-state index in [1.165, 1.54) is 18.8 Å². The molecular weight excluding hydrogens is 408 g/mol. The first-order valence-corrected chi connectivity index (χ1v) is 10.2. The standard InChI is InChI=1S/C15H16N6O2.C8H10O/c1-17-13(22)11-7-19-15(21-12(11)16)20-9-2-3-10-8(6-9)4-5-18-14(10)23;9-7-6-8-4-2-1-3-5-8/h2-3,6-7H,4-5H2,1H3,(H,17,22)(H,18,23)(H3,16,19,20,21);1-5,9H,6-7H2. The van der Waals surface area contributed by atoms with Gasteiger partial charge in [-0.25, -0.2) is 4.98 Å². The van der Waals surface area contributed by atoms with E-state index in [2.05, 4.69) is 25.9 Å². The second kappa shape index (κ2) is 10.9. The highest BCUT2D eigenvalue weighted by Crippen LogP contribution is 2.21. The van der Waals surface area contributed by atoms with Crippen LogP contribution >= 0.6 is 0 Å². The van der Waals surface area contributed by atoms with Gasteiger partial charge >= 0.3 is 0 Å². The molecule has 0 unspecified atom stereocenters. The van der Waals surface area contributed by atoms with Crippen LogP contribution in [0, 0.1) is 0 Å². The number of nitrogens with zero attached hydrogens (tertiary/aromatic N) is 2. The van der Waals surface area contributed by atoms with Gasteiger partial charge in [0.2, 0.25) is 5.95 Å². The molecule has 4 rings (SSSR count). The van der Waals surface area contributed by atoms with Crippen molar-refractivity contribution in [2.24, 2.45) is 0 Å². The van der Waals surface area contributed by atoms with Gasteiger partial charge in [0.15, 0.2) is 0 Å². The Kier molecular flexibility index (Phi) is 7.71. The fourth-order valence-corrected chi connectivity index (χ4v) is 3.17. The van der Waals surface area contributed by atoms with Crippen LogP contribution in [0.2, 0.25) is 0 Å². The predicted molar refractivity (Wildman–Crippen MR) is 123 cm³/mol. The Morgan fingerprint density at radius 1 is 1.22 bits per heavy atom. The summed E-state index contributed by atoms with van der Waals surface area (Å²) in [6.07, 6.45) is 2.91. The minimum atomic E-state index is -0.339. The van der Waals surface area contributed by atoms with E-state index in [9.17, 15) is 9.59 Å². The molecule has 0 aliphatic carbocycles. The fraction of sp³-hybridized carbons (Fsp3) is 0.217. The van der Waals surface area contributed by atoms with Crippen LogP contribution in [-0.2, 0) is 12.8 Å². The van der Waals surface area contributed by atoms with Crippen molar-refractivity contribution in [2.45, 2.75) is 12.8 Å². The highest BCUT2D eigenvalue weighted by atomic mass is 16.3. The molecular formula is C23H26N6O3. The first kappa shape index (κ1) is 22.7. The highest BCUT2D eigenvalue weighted by Gasteiger charge is 2.17.